The highest BCUT2D eigenvalue weighted by molar-refractivity contribution is 7.16. The van der Waals surface area contributed by atoms with E-state index in [9.17, 15) is 10.1 Å². The standard InChI is InChI=1S/C14H20N4O2S/c1-3-8-17(4-2)9-7-15-11-5-6-12-13(16-10-21-12)14(11)18(19)20/h5-6,10,15H,3-4,7-9H2,1-2H3. The summed E-state index contributed by atoms with van der Waals surface area (Å²) in [6.07, 6.45) is 1.11. The average Bonchev–Trinajstić information content (AvgIpc) is 2.93. The summed E-state index contributed by atoms with van der Waals surface area (Å²) in [4.78, 5) is 17.4. The third-order valence-electron chi connectivity index (χ3n) is 3.39. The second-order valence-corrected chi connectivity index (χ2v) is 5.67. The summed E-state index contributed by atoms with van der Waals surface area (Å²) in [5, 5.41) is 14.5. The van der Waals surface area contributed by atoms with Gasteiger partial charge in [0.2, 0.25) is 0 Å². The van der Waals surface area contributed by atoms with Gasteiger partial charge < -0.3 is 10.2 Å². The van der Waals surface area contributed by atoms with Gasteiger partial charge in [0, 0.05) is 13.1 Å². The lowest BCUT2D eigenvalue weighted by Gasteiger charge is -2.19. The molecule has 0 saturated carbocycles. The molecular weight excluding hydrogens is 288 g/mol. The Balaban J connectivity index is 2.11. The van der Waals surface area contributed by atoms with Crippen LogP contribution in [0, 0.1) is 10.1 Å². The van der Waals surface area contributed by atoms with Crippen molar-refractivity contribution in [2.24, 2.45) is 0 Å². The number of hydrogen-bond donors (Lipinski definition) is 1. The number of aromatic nitrogens is 1. The van der Waals surface area contributed by atoms with Gasteiger partial charge in [0.15, 0.2) is 5.52 Å². The van der Waals surface area contributed by atoms with E-state index in [-0.39, 0.29) is 10.6 Å². The maximum Gasteiger partial charge on any atom is 0.319 e. The van der Waals surface area contributed by atoms with Gasteiger partial charge in [0.25, 0.3) is 0 Å². The van der Waals surface area contributed by atoms with Crippen molar-refractivity contribution in [2.45, 2.75) is 20.3 Å². The highest BCUT2D eigenvalue weighted by atomic mass is 32.1. The molecule has 1 N–H and O–H groups in total. The molecule has 2 rings (SSSR count). The topological polar surface area (TPSA) is 71.3 Å². The van der Waals surface area contributed by atoms with E-state index in [1.807, 2.05) is 6.07 Å². The van der Waals surface area contributed by atoms with Crippen LogP contribution >= 0.6 is 11.3 Å². The molecule has 1 aromatic heterocycles. The molecule has 2 aromatic rings. The van der Waals surface area contributed by atoms with Crippen molar-refractivity contribution < 1.29 is 4.92 Å². The molecule has 0 radical (unpaired) electrons. The van der Waals surface area contributed by atoms with Crippen LogP contribution in [0.4, 0.5) is 11.4 Å². The number of nitro groups is 1. The van der Waals surface area contributed by atoms with Gasteiger partial charge in [-0.25, -0.2) is 4.98 Å². The van der Waals surface area contributed by atoms with E-state index in [0.717, 1.165) is 30.8 Å². The van der Waals surface area contributed by atoms with Crippen molar-refractivity contribution in [3.63, 3.8) is 0 Å². The number of nitrogens with zero attached hydrogens (tertiary/aromatic N) is 3. The number of fused-ring (bicyclic) bond motifs is 1. The number of thiazole rings is 1. The monoisotopic (exact) mass is 308 g/mol. The van der Waals surface area contributed by atoms with Crippen LogP contribution in [0.3, 0.4) is 0 Å². The molecule has 0 aliphatic heterocycles. The number of rotatable bonds is 8. The molecule has 6 nitrogen and oxygen atoms in total. The molecule has 0 atom stereocenters. The minimum atomic E-state index is -0.353. The molecule has 1 aromatic carbocycles. The zero-order valence-electron chi connectivity index (χ0n) is 12.3. The van der Waals surface area contributed by atoms with E-state index in [4.69, 9.17) is 0 Å². The molecule has 114 valence electrons. The summed E-state index contributed by atoms with van der Waals surface area (Å²) < 4.78 is 0.841. The zero-order chi connectivity index (χ0) is 15.2. The van der Waals surface area contributed by atoms with Crippen LogP contribution in [-0.4, -0.2) is 41.0 Å². The van der Waals surface area contributed by atoms with E-state index in [1.165, 1.54) is 11.3 Å². The average molecular weight is 308 g/mol. The van der Waals surface area contributed by atoms with Gasteiger partial charge in [-0.3, -0.25) is 10.1 Å². The van der Waals surface area contributed by atoms with Gasteiger partial charge >= 0.3 is 5.69 Å². The van der Waals surface area contributed by atoms with Crippen molar-refractivity contribution in [3.8, 4) is 0 Å². The van der Waals surface area contributed by atoms with E-state index >= 15 is 0 Å². The third-order valence-corrected chi connectivity index (χ3v) is 4.18. The van der Waals surface area contributed by atoms with Gasteiger partial charge in [-0.1, -0.05) is 13.8 Å². The van der Waals surface area contributed by atoms with Crippen LogP contribution in [0.2, 0.25) is 0 Å². The molecule has 0 aliphatic carbocycles. The maximum absolute atomic E-state index is 11.3. The fourth-order valence-electron chi connectivity index (χ4n) is 2.34. The molecule has 7 heteroatoms. The van der Waals surface area contributed by atoms with Crippen molar-refractivity contribution in [3.05, 3.63) is 27.8 Å². The fraction of sp³-hybridized carbons (Fsp3) is 0.500. The SMILES string of the molecule is CCCN(CC)CCNc1ccc2scnc2c1[N+](=O)[O-]. The van der Waals surface area contributed by atoms with Gasteiger partial charge in [0.05, 0.1) is 15.1 Å². The van der Waals surface area contributed by atoms with E-state index < -0.39 is 0 Å². The zero-order valence-corrected chi connectivity index (χ0v) is 13.2. The predicted octanol–water partition coefficient (Wildman–Crippen LogP) is 3.35. The molecule has 0 saturated heterocycles. The Morgan fingerprint density at radius 2 is 2.19 bits per heavy atom. The number of nitrogens with one attached hydrogen (secondary N) is 1. The first-order chi connectivity index (χ1) is 10.2. The van der Waals surface area contributed by atoms with Crippen molar-refractivity contribution in [2.75, 3.05) is 31.5 Å². The lowest BCUT2D eigenvalue weighted by Crippen LogP contribution is -2.29. The Morgan fingerprint density at radius 3 is 2.86 bits per heavy atom. The van der Waals surface area contributed by atoms with Crippen LogP contribution < -0.4 is 5.32 Å². The van der Waals surface area contributed by atoms with Crippen LogP contribution in [0.15, 0.2) is 17.6 Å². The molecule has 1 heterocycles. The summed E-state index contributed by atoms with van der Waals surface area (Å²) in [5.41, 5.74) is 2.73. The summed E-state index contributed by atoms with van der Waals surface area (Å²) in [7, 11) is 0. The van der Waals surface area contributed by atoms with Crippen LogP contribution in [0.5, 0.6) is 0 Å². The quantitative estimate of drug-likeness (QED) is 0.598. The van der Waals surface area contributed by atoms with E-state index in [0.29, 0.717) is 17.7 Å². The third kappa shape index (κ3) is 3.68. The summed E-state index contributed by atoms with van der Waals surface area (Å²) >= 11 is 1.41. The molecule has 0 unspecified atom stereocenters. The normalized spacial score (nSPS) is 11.2. The first-order valence-electron chi connectivity index (χ1n) is 7.14. The smallest absolute Gasteiger partial charge is 0.319 e. The number of nitro benzene ring substituents is 1. The van der Waals surface area contributed by atoms with Crippen LogP contribution in [-0.2, 0) is 0 Å². The van der Waals surface area contributed by atoms with Crippen LogP contribution in [0.1, 0.15) is 20.3 Å². The largest absolute Gasteiger partial charge is 0.378 e. The molecular formula is C14H20N4O2S. The number of benzene rings is 1. The Kier molecular flexibility index (Phi) is 5.46. The van der Waals surface area contributed by atoms with Gasteiger partial charge in [-0.15, -0.1) is 11.3 Å². The van der Waals surface area contributed by atoms with Crippen molar-refractivity contribution in [1.29, 1.82) is 0 Å². The van der Waals surface area contributed by atoms with Gasteiger partial charge in [-0.05, 0) is 31.6 Å². The molecule has 0 amide bonds. The highest BCUT2D eigenvalue weighted by Crippen LogP contribution is 2.34. The molecule has 0 fully saturated rings. The van der Waals surface area contributed by atoms with Crippen molar-refractivity contribution >= 4 is 32.9 Å². The highest BCUT2D eigenvalue weighted by Gasteiger charge is 2.20. The minimum Gasteiger partial charge on any atom is -0.378 e. The van der Waals surface area contributed by atoms with Crippen molar-refractivity contribution in [1.82, 2.24) is 9.88 Å². The molecule has 0 aliphatic rings. The molecule has 0 spiro atoms. The summed E-state index contributed by atoms with van der Waals surface area (Å²) in [6.45, 7) is 7.87. The molecule has 21 heavy (non-hydrogen) atoms. The van der Waals surface area contributed by atoms with Gasteiger partial charge in [0.1, 0.15) is 5.69 Å². The Labute approximate surface area is 127 Å². The summed E-state index contributed by atoms with van der Waals surface area (Å²) in [5.74, 6) is 0. The minimum absolute atomic E-state index is 0.0762. The summed E-state index contributed by atoms with van der Waals surface area (Å²) in [6, 6.07) is 3.65. The first-order valence-corrected chi connectivity index (χ1v) is 8.02. The number of hydrogen-bond acceptors (Lipinski definition) is 6. The first kappa shape index (κ1) is 15.7. The lowest BCUT2D eigenvalue weighted by molar-refractivity contribution is -0.382. The van der Waals surface area contributed by atoms with Gasteiger partial charge in [-0.2, -0.15) is 0 Å². The Hall–Kier alpha value is -1.73. The number of likely N-dealkylation sites (N-methyl/N-ethyl adjacent to an activating group) is 1. The molecule has 0 bridgehead atoms. The lowest BCUT2D eigenvalue weighted by atomic mass is 10.2. The second kappa shape index (κ2) is 7.33. The Morgan fingerprint density at radius 1 is 1.38 bits per heavy atom. The van der Waals surface area contributed by atoms with Crippen LogP contribution in [0.25, 0.3) is 10.2 Å². The van der Waals surface area contributed by atoms with E-state index in [1.54, 1.807) is 11.6 Å². The second-order valence-electron chi connectivity index (χ2n) is 4.78. The predicted molar refractivity (Wildman–Crippen MR) is 87.2 cm³/mol. The maximum atomic E-state index is 11.3. The van der Waals surface area contributed by atoms with E-state index in [2.05, 4.69) is 29.0 Å². The Bertz CT molecular complexity index is 614. The number of anilines is 1. The fourth-order valence-corrected chi connectivity index (χ4v) is 3.02.